The van der Waals surface area contributed by atoms with Gasteiger partial charge in [-0.2, -0.15) is 0 Å². The summed E-state index contributed by atoms with van der Waals surface area (Å²) in [4.78, 5) is 31.9. The Morgan fingerprint density at radius 1 is 1.36 bits per heavy atom. The molecule has 28 heavy (non-hydrogen) atoms. The lowest BCUT2D eigenvalue weighted by Crippen LogP contribution is -2.33. The van der Waals surface area contributed by atoms with Gasteiger partial charge in [-0.15, -0.1) is 11.3 Å². The molecular weight excluding hydrogens is 370 g/mol. The minimum atomic E-state index is -0.158. The lowest BCUT2D eigenvalue weighted by Gasteiger charge is -2.17. The molecule has 0 radical (unpaired) electrons. The highest BCUT2D eigenvalue weighted by Crippen LogP contribution is 2.35. The number of amides is 1. The van der Waals surface area contributed by atoms with Crippen molar-refractivity contribution in [1.29, 1.82) is 0 Å². The number of carbonyl (C=O) groups excluding carboxylic acids is 1. The molecule has 1 N–H and O–H groups in total. The molecule has 3 aromatic rings. The number of thiophene rings is 1. The van der Waals surface area contributed by atoms with Gasteiger partial charge in [0.15, 0.2) is 0 Å². The molecule has 0 saturated carbocycles. The van der Waals surface area contributed by atoms with Crippen LogP contribution in [0.15, 0.2) is 35.4 Å². The Morgan fingerprint density at radius 2 is 2.18 bits per heavy atom. The molecular formula is C22H25N3O2S. The molecule has 2 aromatic heterocycles. The minimum Gasteiger partial charge on any atom is -0.354 e. The second-order valence-electron chi connectivity index (χ2n) is 7.74. The maximum atomic E-state index is 13.0. The van der Waals surface area contributed by atoms with E-state index in [1.807, 2.05) is 12.1 Å². The molecule has 0 saturated heterocycles. The van der Waals surface area contributed by atoms with E-state index in [2.05, 4.69) is 36.3 Å². The van der Waals surface area contributed by atoms with E-state index in [4.69, 9.17) is 0 Å². The van der Waals surface area contributed by atoms with Crippen LogP contribution in [0.5, 0.6) is 0 Å². The second-order valence-corrected chi connectivity index (χ2v) is 8.82. The van der Waals surface area contributed by atoms with Crippen LogP contribution in [0.3, 0.4) is 0 Å². The minimum absolute atomic E-state index is 0.0105. The summed E-state index contributed by atoms with van der Waals surface area (Å²) in [7, 11) is 0. The predicted molar refractivity (Wildman–Crippen MR) is 113 cm³/mol. The number of nitrogens with zero attached hydrogens (tertiary/aromatic N) is 2. The Labute approximate surface area is 168 Å². The molecule has 1 atom stereocenters. The van der Waals surface area contributed by atoms with Crippen molar-refractivity contribution in [3.8, 4) is 0 Å². The summed E-state index contributed by atoms with van der Waals surface area (Å²) in [6.07, 6.45) is 5.35. The van der Waals surface area contributed by atoms with Gasteiger partial charge in [0.2, 0.25) is 5.91 Å². The van der Waals surface area contributed by atoms with E-state index in [0.717, 1.165) is 41.5 Å². The summed E-state index contributed by atoms with van der Waals surface area (Å²) < 4.78 is 1.44. The number of fused-ring (bicyclic) bond motifs is 3. The molecule has 5 nitrogen and oxygen atoms in total. The summed E-state index contributed by atoms with van der Waals surface area (Å²) in [6.45, 7) is 4.89. The molecule has 4 rings (SSSR count). The molecule has 0 spiro atoms. The summed E-state index contributed by atoms with van der Waals surface area (Å²) in [6, 6.07) is 8.16. The molecule has 1 aliphatic rings. The first-order chi connectivity index (χ1) is 13.5. The lowest BCUT2D eigenvalue weighted by molar-refractivity contribution is -0.121. The Hall–Kier alpha value is -2.47. The van der Waals surface area contributed by atoms with Crippen LogP contribution in [0.4, 0.5) is 0 Å². The lowest BCUT2D eigenvalue weighted by atomic mass is 9.89. The van der Waals surface area contributed by atoms with Gasteiger partial charge in [0.25, 0.3) is 5.56 Å². The van der Waals surface area contributed by atoms with Crippen LogP contribution in [-0.4, -0.2) is 22.0 Å². The van der Waals surface area contributed by atoms with Gasteiger partial charge in [-0.3, -0.25) is 14.2 Å². The normalized spacial score (nSPS) is 16.1. The first kappa shape index (κ1) is 18.9. The van der Waals surface area contributed by atoms with E-state index in [-0.39, 0.29) is 18.0 Å². The predicted octanol–water partition coefficient (Wildman–Crippen LogP) is 3.25. The quantitative estimate of drug-likeness (QED) is 0.721. The van der Waals surface area contributed by atoms with Crippen LogP contribution in [0.1, 0.15) is 34.9 Å². The fourth-order valence-corrected chi connectivity index (χ4v) is 5.26. The number of hydrogen-bond donors (Lipinski definition) is 1. The van der Waals surface area contributed by atoms with Crippen molar-refractivity contribution in [2.24, 2.45) is 5.92 Å². The highest BCUT2D eigenvalue weighted by Gasteiger charge is 2.23. The molecule has 1 aliphatic carbocycles. The maximum Gasteiger partial charge on any atom is 0.262 e. The third-order valence-electron chi connectivity index (χ3n) is 5.57. The van der Waals surface area contributed by atoms with Gasteiger partial charge in [-0.25, -0.2) is 4.98 Å². The van der Waals surface area contributed by atoms with Gasteiger partial charge in [0, 0.05) is 11.4 Å². The van der Waals surface area contributed by atoms with E-state index in [1.54, 1.807) is 11.3 Å². The smallest absolute Gasteiger partial charge is 0.262 e. The van der Waals surface area contributed by atoms with Gasteiger partial charge in [-0.05, 0) is 55.2 Å². The van der Waals surface area contributed by atoms with Crippen LogP contribution in [0.2, 0.25) is 0 Å². The van der Waals surface area contributed by atoms with E-state index in [0.29, 0.717) is 12.5 Å². The van der Waals surface area contributed by atoms with E-state index >= 15 is 0 Å². The van der Waals surface area contributed by atoms with Crippen LogP contribution >= 0.6 is 11.3 Å². The third kappa shape index (κ3) is 3.74. The van der Waals surface area contributed by atoms with Crippen molar-refractivity contribution in [3.63, 3.8) is 0 Å². The van der Waals surface area contributed by atoms with Crippen molar-refractivity contribution in [2.45, 2.75) is 46.1 Å². The molecule has 1 amide bonds. The molecule has 0 fully saturated rings. The summed E-state index contributed by atoms with van der Waals surface area (Å²) in [5, 5.41) is 3.64. The van der Waals surface area contributed by atoms with E-state index in [1.165, 1.54) is 26.9 Å². The van der Waals surface area contributed by atoms with Crippen molar-refractivity contribution in [2.75, 3.05) is 6.54 Å². The number of rotatable bonds is 5. The van der Waals surface area contributed by atoms with Gasteiger partial charge in [0.05, 0.1) is 11.7 Å². The van der Waals surface area contributed by atoms with Crippen molar-refractivity contribution >= 4 is 27.5 Å². The Bertz CT molecular complexity index is 1080. The summed E-state index contributed by atoms with van der Waals surface area (Å²) in [5.41, 5.74) is 3.51. The zero-order chi connectivity index (χ0) is 19.7. The zero-order valence-electron chi connectivity index (χ0n) is 16.3. The highest BCUT2D eigenvalue weighted by atomic mass is 32.1. The molecule has 0 aliphatic heterocycles. The number of carbonyl (C=O) groups is 1. The Morgan fingerprint density at radius 3 is 3.00 bits per heavy atom. The maximum absolute atomic E-state index is 13.0. The van der Waals surface area contributed by atoms with Crippen molar-refractivity contribution < 1.29 is 4.79 Å². The first-order valence-electron chi connectivity index (χ1n) is 9.84. The fourth-order valence-electron chi connectivity index (χ4n) is 3.92. The third-order valence-corrected chi connectivity index (χ3v) is 6.74. The number of nitrogens with one attached hydrogen (secondary N) is 1. The van der Waals surface area contributed by atoms with Gasteiger partial charge in [-0.1, -0.05) is 31.2 Å². The number of aromatic nitrogens is 2. The highest BCUT2D eigenvalue weighted by molar-refractivity contribution is 7.18. The second kappa shape index (κ2) is 7.87. The van der Waals surface area contributed by atoms with E-state index in [9.17, 15) is 9.59 Å². The molecule has 0 bridgehead atoms. The summed E-state index contributed by atoms with van der Waals surface area (Å²) in [5.74, 6) is 0.497. The monoisotopic (exact) mass is 395 g/mol. The Kier molecular flexibility index (Phi) is 5.31. The SMILES string of the molecule is Cc1ccccc1CCNC(=O)Cn1cnc2sc3c(c2c1=O)CC[C@H](C)C3. The van der Waals surface area contributed by atoms with Crippen LogP contribution in [0.25, 0.3) is 10.2 Å². The largest absolute Gasteiger partial charge is 0.354 e. The first-order valence-corrected chi connectivity index (χ1v) is 10.7. The number of benzene rings is 1. The van der Waals surface area contributed by atoms with Crippen molar-refractivity contribution in [1.82, 2.24) is 14.9 Å². The molecule has 146 valence electrons. The topological polar surface area (TPSA) is 64.0 Å². The van der Waals surface area contributed by atoms with Gasteiger partial charge < -0.3 is 5.32 Å². The molecule has 2 heterocycles. The van der Waals surface area contributed by atoms with Crippen LogP contribution in [-0.2, 0) is 30.6 Å². The van der Waals surface area contributed by atoms with Gasteiger partial charge >= 0.3 is 0 Å². The zero-order valence-corrected chi connectivity index (χ0v) is 17.1. The van der Waals surface area contributed by atoms with Gasteiger partial charge in [0.1, 0.15) is 11.4 Å². The van der Waals surface area contributed by atoms with E-state index < -0.39 is 0 Å². The molecule has 0 unspecified atom stereocenters. The average molecular weight is 396 g/mol. The average Bonchev–Trinajstić information content (AvgIpc) is 3.04. The van der Waals surface area contributed by atoms with Crippen LogP contribution in [0, 0.1) is 12.8 Å². The Balaban J connectivity index is 1.46. The molecule has 6 heteroatoms. The summed E-state index contributed by atoms with van der Waals surface area (Å²) >= 11 is 1.63. The fraction of sp³-hybridized carbons (Fsp3) is 0.409. The standard InChI is InChI=1S/C22H25N3O2S/c1-14-7-8-17-18(11-14)28-21-20(17)22(27)25(13-24-21)12-19(26)23-10-9-16-6-4-3-5-15(16)2/h3-6,13-14H,7-12H2,1-2H3,(H,23,26)/t14-/m0/s1. The van der Waals surface area contributed by atoms with Crippen molar-refractivity contribution in [3.05, 3.63) is 62.5 Å². The molecule has 1 aromatic carbocycles. The number of hydrogen-bond acceptors (Lipinski definition) is 4. The number of aryl methyl sites for hydroxylation is 2. The van der Waals surface area contributed by atoms with Crippen LogP contribution < -0.4 is 10.9 Å².